The van der Waals surface area contributed by atoms with Gasteiger partial charge in [-0.1, -0.05) is 91.4 Å². The van der Waals surface area contributed by atoms with Crippen LogP contribution in [-0.4, -0.2) is 39.4 Å². The lowest BCUT2D eigenvalue weighted by atomic mass is 9.43. The van der Waals surface area contributed by atoms with E-state index in [0.717, 1.165) is 11.1 Å². The van der Waals surface area contributed by atoms with Gasteiger partial charge in [0.05, 0.1) is 36.8 Å². The number of carbonyl (C=O) groups is 5. The maximum Gasteiger partial charge on any atom is 0.339 e. The number of nitrogens with zero attached hydrogens (tertiary/aromatic N) is 2. The molecule has 2 saturated heterocycles. The van der Waals surface area contributed by atoms with Gasteiger partial charge in [0, 0.05) is 16.9 Å². The molecule has 3 aromatic carbocycles. The van der Waals surface area contributed by atoms with E-state index in [1.165, 1.54) is 9.80 Å². The van der Waals surface area contributed by atoms with Crippen LogP contribution in [-0.2, 0) is 37.1 Å². The van der Waals surface area contributed by atoms with Gasteiger partial charge >= 0.3 is 5.97 Å². The summed E-state index contributed by atoms with van der Waals surface area (Å²) in [6.07, 6.45) is 0. The van der Waals surface area contributed by atoms with E-state index in [4.69, 9.17) is 4.74 Å². The lowest BCUT2D eigenvalue weighted by molar-refractivity contribution is -0.152. The van der Waals surface area contributed by atoms with Crippen molar-refractivity contribution in [2.75, 3.05) is 0 Å². The van der Waals surface area contributed by atoms with Crippen molar-refractivity contribution >= 4 is 29.6 Å². The van der Waals surface area contributed by atoms with E-state index in [9.17, 15) is 24.0 Å². The summed E-state index contributed by atoms with van der Waals surface area (Å²) in [6, 6.07) is 27.0. The average molecular weight is 575 g/mol. The summed E-state index contributed by atoms with van der Waals surface area (Å²) in [5.74, 6) is -6.40. The molecule has 3 aromatic rings. The van der Waals surface area contributed by atoms with Crippen molar-refractivity contribution in [2.24, 2.45) is 35.0 Å². The van der Waals surface area contributed by atoms with Gasteiger partial charge in [-0.2, -0.15) is 0 Å². The average Bonchev–Trinajstić information content (AvgIpc) is 3.41. The van der Waals surface area contributed by atoms with E-state index in [-0.39, 0.29) is 30.5 Å². The minimum atomic E-state index is -1.43. The molecule has 0 N–H and O–H groups in total. The minimum Gasteiger partial charge on any atom is -0.423 e. The number of hydrogen-bond donors (Lipinski definition) is 0. The summed E-state index contributed by atoms with van der Waals surface area (Å²) >= 11 is 0. The molecule has 43 heavy (non-hydrogen) atoms. The fraction of sp³-hybridized carbons (Fsp3) is 0.286. The van der Waals surface area contributed by atoms with Crippen LogP contribution < -0.4 is 4.74 Å². The Morgan fingerprint density at radius 3 is 1.51 bits per heavy atom. The molecule has 4 amide bonds. The van der Waals surface area contributed by atoms with Crippen molar-refractivity contribution in [3.05, 3.63) is 113 Å². The van der Waals surface area contributed by atoms with Crippen LogP contribution in [0.5, 0.6) is 5.75 Å². The number of amides is 4. The number of rotatable bonds is 6. The Labute approximate surface area is 248 Å². The number of ether oxygens (including phenoxy) is 1. The van der Waals surface area contributed by atoms with Gasteiger partial charge in [0.15, 0.2) is 0 Å². The highest BCUT2D eigenvalue weighted by atomic mass is 16.5. The van der Waals surface area contributed by atoms with Crippen LogP contribution in [0.15, 0.2) is 102 Å². The predicted molar refractivity (Wildman–Crippen MR) is 154 cm³/mol. The van der Waals surface area contributed by atoms with E-state index in [1.807, 2.05) is 60.7 Å². The third kappa shape index (κ3) is 3.85. The second-order valence-electron chi connectivity index (χ2n) is 12.1. The van der Waals surface area contributed by atoms with E-state index >= 15 is 0 Å². The summed E-state index contributed by atoms with van der Waals surface area (Å²) in [6.45, 7) is 3.60. The largest absolute Gasteiger partial charge is 0.423 e. The third-order valence-corrected chi connectivity index (χ3v) is 9.91. The van der Waals surface area contributed by atoms with E-state index in [2.05, 4.69) is 0 Å². The highest BCUT2D eigenvalue weighted by molar-refractivity contribution is 6.13. The normalized spacial score (nSPS) is 29.3. The van der Waals surface area contributed by atoms with Crippen LogP contribution >= 0.6 is 0 Å². The molecule has 3 aliphatic carbocycles. The van der Waals surface area contributed by atoms with Crippen LogP contribution in [0.4, 0.5) is 0 Å². The Balaban J connectivity index is 1.34. The van der Waals surface area contributed by atoms with Crippen LogP contribution in [0.2, 0.25) is 0 Å². The molecule has 6 atom stereocenters. The molecular formula is C35H30N2O6. The molecule has 1 saturated carbocycles. The Kier molecular flexibility index (Phi) is 6.20. The van der Waals surface area contributed by atoms with Gasteiger partial charge < -0.3 is 4.74 Å². The van der Waals surface area contributed by atoms with E-state index in [0.29, 0.717) is 11.3 Å². The maximum atomic E-state index is 14.3. The molecule has 5 aliphatic rings. The molecule has 216 valence electrons. The van der Waals surface area contributed by atoms with Gasteiger partial charge in [-0.25, -0.2) is 4.79 Å². The fourth-order valence-electron chi connectivity index (χ4n) is 8.22. The molecule has 8 rings (SSSR count). The van der Waals surface area contributed by atoms with E-state index < -0.39 is 52.8 Å². The first-order valence-corrected chi connectivity index (χ1v) is 14.5. The zero-order valence-corrected chi connectivity index (χ0v) is 23.8. The molecular weight excluding hydrogens is 544 g/mol. The fourth-order valence-corrected chi connectivity index (χ4v) is 8.22. The molecule has 0 spiro atoms. The molecule has 3 fully saturated rings. The zero-order valence-electron chi connectivity index (χ0n) is 23.8. The molecule has 2 unspecified atom stereocenters. The molecule has 8 heteroatoms. The lowest BCUT2D eigenvalue weighted by Crippen LogP contribution is -2.61. The summed E-state index contributed by atoms with van der Waals surface area (Å²) < 4.78 is 5.79. The van der Waals surface area contributed by atoms with E-state index in [1.54, 1.807) is 44.2 Å². The van der Waals surface area contributed by atoms with Gasteiger partial charge in [0.2, 0.25) is 23.6 Å². The number of para-hydroxylation sites is 1. The van der Waals surface area contributed by atoms with Crippen molar-refractivity contribution in [2.45, 2.75) is 26.9 Å². The first-order valence-electron chi connectivity index (χ1n) is 14.5. The number of imide groups is 2. The number of hydrogen-bond acceptors (Lipinski definition) is 6. The second-order valence-corrected chi connectivity index (χ2v) is 12.1. The van der Waals surface area contributed by atoms with Gasteiger partial charge in [0.1, 0.15) is 5.75 Å². The molecule has 0 aromatic heterocycles. The smallest absolute Gasteiger partial charge is 0.339 e. The SMILES string of the molecule is CC1=C(C(=O)Oc2ccccc2)C2(C)[C@@H]3C(=O)N(Cc4ccccc4)C(=O)[C@@H]3C1[C@@H]1C(=O)N(Cc3ccccc3)C(=O)[C@H]12. The molecule has 2 heterocycles. The standard InChI is InChI=1S/C35H30N2O6/c1-20-24-25-28(32(40)36(30(25)38)18-21-12-6-3-7-13-21)35(2,27(20)34(42)43-23-16-10-5-11-17-23)29-26(24)31(39)37(33(29)41)19-22-14-8-4-9-15-22/h3-17,24-26,28-29H,18-19H2,1-2H3/t24?,25-,26+,28-,29-,35?/m0/s1. The first-order chi connectivity index (χ1) is 20.7. The molecule has 8 nitrogen and oxygen atoms in total. The Hall–Kier alpha value is -4.85. The van der Waals surface area contributed by atoms with Gasteiger partial charge in [0.25, 0.3) is 0 Å². The summed E-state index contributed by atoms with van der Waals surface area (Å²) in [5, 5.41) is 0. The maximum absolute atomic E-state index is 14.3. The minimum absolute atomic E-state index is 0.0779. The quantitative estimate of drug-likeness (QED) is 0.249. The predicted octanol–water partition coefficient (Wildman–Crippen LogP) is 4.16. The van der Waals surface area contributed by atoms with Gasteiger partial charge in [-0.05, 0) is 30.2 Å². The first kappa shape index (κ1) is 27.0. The number of allylic oxidation sites excluding steroid dienone is 1. The summed E-state index contributed by atoms with van der Waals surface area (Å²) in [4.78, 5) is 73.2. The number of carbonyl (C=O) groups excluding carboxylic acids is 5. The van der Waals surface area contributed by atoms with Crippen molar-refractivity contribution in [3.63, 3.8) is 0 Å². The summed E-state index contributed by atoms with van der Waals surface area (Å²) in [5.41, 5.74) is 0.895. The Morgan fingerprint density at radius 2 is 1.07 bits per heavy atom. The zero-order chi connectivity index (χ0) is 30.0. The monoisotopic (exact) mass is 574 g/mol. The number of likely N-dealkylation sites (tertiary alicyclic amines) is 2. The van der Waals surface area contributed by atoms with Crippen molar-refractivity contribution in [1.82, 2.24) is 9.80 Å². The molecule has 2 bridgehead atoms. The van der Waals surface area contributed by atoms with Crippen LogP contribution in [0.25, 0.3) is 0 Å². The van der Waals surface area contributed by atoms with Crippen LogP contribution in [0.1, 0.15) is 25.0 Å². The number of esters is 1. The Bertz CT molecular complexity index is 1610. The van der Waals surface area contributed by atoms with Gasteiger partial charge in [-0.15, -0.1) is 0 Å². The van der Waals surface area contributed by atoms with Crippen molar-refractivity contribution in [1.29, 1.82) is 0 Å². The van der Waals surface area contributed by atoms with Crippen molar-refractivity contribution < 1.29 is 28.7 Å². The van der Waals surface area contributed by atoms with Crippen molar-refractivity contribution in [3.8, 4) is 5.75 Å². The lowest BCUT2D eigenvalue weighted by Gasteiger charge is -2.55. The number of benzene rings is 3. The highest BCUT2D eigenvalue weighted by Gasteiger charge is 2.76. The van der Waals surface area contributed by atoms with Gasteiger partial charge in [-0.3, -0.25) is 29.0 Å². The Morgan fingerprint density at radius 1 is 0.651 bits per heavy atom. The second kappa shape index (κ2) is 9.87. The van der Waals surface area contributed by atoms with Crippen LogP contribution in [0.3, 0.4) is 0 Å². The topological polar surface area (TPSA) is 101 Å². The molecule has 2 aliphatic heterocycles. The molecule has 0 radical (unpaired) electrons. The van der Waals surface area contributed by atoms with Crippen LogP contribution in [0, 0.1) is 35.0 Å². The third-order valence-electron chi connectivity index (χ3n) is 9.91. The summed E-state index contributed by atoms with van der Waals surface area (Å²) in [7, 11) is 0. The highest BCUT2D eigenvalue weighted by Crippen LogP contribution is 2.68.